The molecule has 2 unspecified atom stereocenters. The quantitative estimate of drug-likeness (QED) is 0.752. The zero-order valence-electron chi connectivity index (χ0n) is 17.9. The standard InChI is InChI=1S/C22H34N4O2/c1-16(2)13-25(20(28)18-12-23-7-8-24-18)9-6-19(27)26-15-22(5)11-17(26)10-21(3,4)14-22/h7-8,12,16-17H,6,9-11,13-15H2,1-5H3. The maximum absolute atomic E-state index is 13.1. The van der Waals surface area contributed by atoms with Crippen molar-refractivity contribution in [3.05, 3.63) is 24.3 Å². The molecule has 0 N–H and O–H groups in total. The topological polar surface area (TPSA) is 66.4 Å². The summed E-state index contributed by atoms with van der Waals surface area (Å²) in [6.07, 6.45) is 8.29. The number of hydrogen-bond acceptors (Lipinski definition) is 4. The molecule has 2 aliphatic rings. The Kier molecular flexibility index (Phi) is 5.78. The summed E-state index contributed by atoms with van der Waals surface area (Å²) in [5, 5.41) is 0. The molecule has 0 spiro atoms. The first-order valence-corrected chi connectivity index (χ1v) is 10.4. The van der Waals surface area contributed by atoms with E-state index in [0.29, 0.717) is 37.2 Å². The van der Waals surface area contributed by atoms with Gasteiger partial charge < -0.3 is 9.80 Å². The summed E-state index contributed by atoms with van der Waals surface area (Å²) in [6.45, 7) is 13.0. The van der Waals surface area contributed by atoms with Gasteiger partial charge in [-0.2, -0.15) is 0 Å². The van der Waals surface area contributed by atoms with Crippen LogP contribution in [0.3, 0.4) is 0 Å². The van der Waals surface area contributed by atoms with Crippen LogP contribution in [0.2, 0.25) is 0 Å². The van der Waals surface area contributed by atoms with Crippen molar-refractivity contribution in [3.63, 3.8) is 0 Å². The van der Waals surface area contributed by atoms with E-state index in [9.17, 15) is 9.59 Å². The van der Waals surface area contributed by atoms with Crippen molar-refractivity contribution in [1.82, 2.24) is 19.8 Å². The minimum Gasteiger partial charge on any atom is -0.339 e. The minimum absolute atomic E-state index is 0.150. The molecule has 2 atom stereocenters. The molecular weight excluding hydrogens is 352 g/mol. The third kappa shape index (κ3) is 4.70. The van der Waals surface area contributed by atoms with Crippen LogP contribution in [0.1, 0.15) is 70.8 Å². The molecule has 0 radical (unpaired) electrons. The fraction of sp³-hybridized carbons (Fsp3) is 0.727. The Morgan fingerprint density at radius 3 is 2.64 bits per heavy atom. The lowest BCUT2D eigenvalue weighted by molar-refractivity contribution is -0.132. The molecule has 3 rings (SSSR count). The van der Waals surface area contributed by atoms with E-state index in [1.807, 2.05) is 0 Å². The number of likely N-dealkylation sites (tertiary alicyclic amines) is 1. The summed E-state index contributed by atoms with van der Waals surface area (Å²) >= 11 is 0. The van der Waals surface area contributed by atoms with Gasteiger partial charge in [0, 0.05) is 44.5 Å². The summed E-state index contributed by atoms with van der Waals surface area (Å²) in [5.74, 6) is 0.344. The highest BCUT2D eigenvalue weighted by molar-refractivity contribution is 5.92. The lowest BCUT2D eigenvalue weighted by atomic mass is 9.65. The third-order valence-corrected chi connectivity index (χ3v) is 5.99. The lowest BCUT2D eigenvalue weighted by Gasteiger charge is -2.39. The molecule has 1 aromatic rings. The van der Waals surface area contributed by atoms with Crippen LogP contribution in [-0.2, 0) is 4.79 Å². The highest BCUT2D eigenvalue weighted by Gasteiger charge is 2.50. The van der Waals surface area contributed by atoms with Crippen molar-refractivity contribution in [3.8, 4) is 0 Å². The first-order chi connectivity index (χ1) is 13.1. The largest absolute Gasteiger partial charge is 0.339 e. The highest BCUT2D eigenvalue weighted by atomic mass is 16.2. The molecule has 1 saturated heterocycles. The van der Waals surface area contributed by atoms with Crippen LogP contribution < -0.4 is 0 Å². The van der Waals surface area contributed by atoms with Crippen molar-refractivity contribution in [1.29, 1.82) is 0 Å². The lowest BCUT2D eigenvalue weighted by Crippen LogP contribution is -2.41. The molecule has 6 nitrogen and oxygen atoms in total. The van der Waals surface area contributed by atoms with Crippen LogP contribution in [-0.4, -0.2) is 57.3 Å². The Bertz CT molecular complexity index is 719. The second-order valence-corrected chi connectivity index (χ2v) is 10.2. The van der Waals surface area contributed by atoms with E-state index < -0.39 is 0 Å². The third-order valence-electron chi connectivity index (χ3n) is 5.99. The SMILES string of the molecule is CC(C)CN(CCC(=O)N1CC2(C)CC1CC(C)(C)C2)C(=O)c1cnccn1. The maximum atomic E-state index is 13.1. The van der Waals surface area contributed by atoms with Crippen LogP contribution in [0.25, 0.3) is 0 Å². The van der Waals surface area contributed by atoms with Gasteiger partial charge in [0.05, 0.1) is 6.20 Å². The zero-order chi connectivity index (χ0) is 20.5. The average Bonchev–Trinajstić information content (AvgIpc) is 2.87. The van der Waals surface area contributed by atoms with Crippen LogP contribution in [0, 0.1) is 16.7 Å². The molecule has 154 valence electrons. The van der Waals surface area contributed by atoms with E-state index >= 15 is 0 Å². The van der Waals surface area contributed by atoms with Crippen molar-refractivity contribution in [2.45, 2.75) is 66.3 Å². The Morgan fingerprint density at radius 2 is 2.00 bits per heavy atom. The first kappa shape index (κ1) is 20.7. The van der Waals surface area contributed by atoms with Crippen molar-refractivity contribution in [2.24, 2.45) is 16.7 Å². The number of carbonyl (C=O) groups is 2. The van der Waals surface area contributed by atoms with Gasteiger partial charge in [-0.05, 0) is 36.0 Å². The molecular formula is C22H34N4O2. The number of fused-ring (bicyclic) bond motifs is 2. The van der Waals surface area contributed by atoms with E-state index in [1.54, 1.807) is 11.1 Å². The van der Waals surface area contributed by atoms with Gasteiger partial charge in [0.1, 0.15) is 5.69 Å². The van der Waals surface area contributed by atoms with Gasteiger partial charge in [0.2, 0.25) is 5.91 Å². The van der Waals surface area contributed by atoms with Crippen LogP contribution in [0.15, 0.2) is 18.6 Å². The maximum Gasteiger partial charge on any atom is 0.274 e. The normalized spacial score (nSPS) is 25.8. The number of rotatable bonds is 6. The molecule has 2 amide bonds. The molecule has 0 aromatic carbocycles. The second kappa shape index (κ2) is 7.80. The minimum atomic E-state index is -0.150. The van der Waals surface area contributed by atoms with Gasteiger partial charge in [-0.1, -0.05) is 34.6 Å². The molecule has 1 aliphatic heterocycles. The van der Waals surface area contributed by atoms with Gasteiger partial charge in [0.25, 0.3) is 5.91 Å². The van der Waals surface area contributed by atoms with Crippen molar-refractivity contribution < 1.29 is 9.59 Å². The molecule has 2 heterocycles. The summed E-state index contributed by atoms with van der Waals surface area (Å²) in [4.78, 5) is 37.9. The summed E-state index contributed by atoms with van der Waals surface area (Å²) in [6, 6.07) is 0.343. The fourth-order valence-electron chi connectivity index (χ4n) is 5.41. The molecule has 2 fully saturated rings. The molecule has 1 aromatic heterocycles. The van der Waals surface area contributed by atoms with Crippen molar-refractivity contribution in [2.75, 3.05) is 19.6 Å². The summed E-state index contributed by atoms with van der Waals surface area (Å²) in [5.41, 5.74) is 0.856. The van der Waals surface area contributed by atoms with Crippen molar-refractivity contribution >= 4 is 11.8 Å². The predicted molar refractivity (Wildman–Crippen MR) is 109 cm³/mol. The Labute approximate surface area is 168 Å². The van der Waals surface area contributed by atoms with Gasteiger partial charge in [-0.3, -0.25) is 14.6 Å². The van der Waals surface area contributed by atoms with Gasteiger partial charge in [0.15, 0.2) is 0 Å². The van der Waals surface area contributed by atoms with Crippen LogP contribution in [0.5, 0.6) is 0 Å². The van der Waals surface area contributed by atoms with E-state index in [-0.39, 0.29) is 22.6 Å². The Hall–Kier alpha value is -1.98. The fourth-order valence-corrected chi connectivity index (χ4v) is 5.41. The smallest absolute Gasteiger partial charge is 0.274 e. The Balaban J connectivity index is 1.65. The highest BCUT2D eigenvalue weighted by Crippen LogP contribution is 2.52. The molecule has 28 heavy (non-hydrogen) atoms. The molecule has 1 aliphatic carbocycles. The van der Waals surface area contributed by atoms with E-state index in [4.69, 9.17) is 0 Å². The van der Waals surface area contributed by atoms with E-state index in [1.165, 1.54) is 18.8 Å². The van der Waals surface area contributed by atoms with Gasteiger partial charge in [-0.15, -0.1) is 0 Å². The number of amides is 2. The zero-order valence-corrected chi connectivity index (χ0v) is 17.9. The van der Waals surface area contributed by atoms with Crippen LogP contribution >= 0.6 is 0 Å². The molecule has 1 saturated carbocycles. The number of hydrogen-bond donors (Lipinski definition) is 0. The summed E-state index contributed by atoms with van der Waals surface area (Å²) in [7, 11) is 0. The number of carbonyl (C=O) groups excluding carboxylic acids is 2. The van der Waals surface area contributed by atoms with Gasteiger partial charge in [-0.25, -0.2) is 4.98 Å². The van der Waals surface area contributed by atoms with Gasteiger partial charge >= 0.3 is 0 Å². The number of nitrogens with zero attached hydrogens (tertiary/aromatic N) is 4. The monoisotopic (exact) mass is 386 g/mol. The Morgan fingerprint density at radius 1 is 1.25 bits per heavy atom. The first-order valence-electron chi connectivity index (χ1n) is 10.4. The molecule has 2 bridgehead atoms. The average molecular weight is 387 g/mol. The van der Waals surface area contributed by atoms with E-state index in [2.05, 4.69) is 49.5 Å². The van der Waals surface area contributed by atoms with Crippen LogP contribution in [0.4, 0.5) is 0 Å². The molecule has 6 heteroatoms. The number of aromatic nitrogens is 2. The second-order valence-electron chi connectivity index (χ2n) is 10.2. The summed E-state index contributed by atoms with van der Waals surface area (Å²) < 4.78 is 0. The van der Waals surface area contributed by atoms with E-state index in [0.717, 1.165) is 19.4 Å². The predicted octanol–water partition coefficient (Wildman–Crippen LogP) is 3.39.